The van der Waals surface area contributed by atoms with Gasteiger partial charge in [-0.1, -0.05) is 0 Å². The summed E-state index contributed by atoms with van der Waals surface area (Å²) in [6.07, 6.45) is 4.02. The average Bonchev–Trinajstić information content (AvgIpc) is 2.53. The number of carbonyl (C=O) groups excluding carboxylic acids is 1. The van der Waals surface area contributed by atoms with E-state index in [2.05, 4.69) is 29.0 Å². The molecule has 22 heavy (non-hydrogen) atoms. The van der Waals surface area contributed by atoms with Crippen molar-refractivity contribution in [1.29, 1.82) is 0 Å². The molecular formula is C17H27N3O2. The molecule has 1 aliphatic rings. The third-order valence-corrected chi connectivity index (χ3v) is 4.13. The fourth-order valence-corrected chi connectivity index (χ4v) is 2.88. The first kappa shape index (κ1) is 16.7. The van der Waals surface area contributed by atoms with Crippen LogP contribution in [0.25, 0.3) is 0 Å². The second-order valence-corrected chi connectivity index (χ2v) is 6.10. The van der Waals surface area contributed by atoms with Crippen LogP contribution >= 0.6 is 0 Å². The molecule has 0 aromatic carbocycles. The van der Waals surface area contributed by atoms with Crippen molar-refractivity contribution in [2.24, 2.45) is 5.92 Å². The highest BCUT2D eigenvalue weighted by Gasteiger charge is 2.22. The minimum atomic E-state index is -0.0989. The van der Waals surface area contributed by atoms with E-state index in [1.165, 1.54) is 19.4 Å². The zero-order chi connectivity index (χ0) is 15.9. The average molecular weight is 305 g/mol. The second-order valence-electron chi connectivity index (χ2n) is 6.10. The van der Waals surface area contributed by atoms with Crippen molar-refractivity contribution in [3.05, 3.63) is 23.9 Å². The summed E-state index contributed by atoms with van der Waals surface area (Å²) in [5, 5.41) is 3.04. The lowest BCUT2D eigenvalue weighted by Crippen LogP contribution is -2.43. The van der Waals surface area contributed by atoms with Gasteiger partial charge in [0.2, 0.25) is 5.88 Å². The van der Waals surface area contributed by atoms with Gasteiger partial charge in [-0.15, -0.1) is 0 Å². The molecule has 1 aromatic rings. The molecule has 122 valence electrons. The highest BCUT2D eigenvalue weighted by molar-refractivity contribution is 5.96. The molecule has 0 aliphatic carbocycles. The number of ether oxygens (including phenoxy) is 1. The summed E-state index contributed by atoms with van der Waals surface area (Å²) in [4.78, 5) is 19.0. The summed E-state index contributed by atoms with van der Waals surface area (Å²) in [7, 11) is 0. The lowest BCUT2D eigenvalue weighted by atomic mass is 9.97. The summed E-state index contributed by atoms with van der Waals surface area (Å²) >= 11 is 0. The maximum absolute atomic E-state index is 12.4. The monoisotopic (exact) mass is 305 g/mol. The molecule has 0 spiro atoms. The number of nitrogens with one attached hydrogen (secondary N) is 1. The Hall–Kier alpha value is -1.62. The number of likely N-dealkylation sites (tertiary alicyclic amines) is 1. The molecule has 1 aliphatic heterocycles. The Labute approximate surface area is 133 Å². The third kappa shape index (κ3) is 4.44. The van der Waals surface area contributed by atoms with E-state index in [4.69, 9.17) is 4.74 Å². The van der Waals surface area contributed by atoms with Crippen LogP contribution < -0.4 is 10.1 Å². The Morgan fingerprint density at radius 3 is 3.09 bits per heavy atom. The predicted octanol–water partition coefficient (Wildman–Crippen LogP) is 2.33. The standard InChI is InChI=1S/C17H27N3O2/c1-4-22-17-15(8-5-9-18-17)16(21)19-11-14-7-6-10-20(12-14)13(2)3/h5,8-9,13-14H,4,6-7,10-12H2,1-3H3,(H,19,21)/t14-/m0/s1. The number of amides is 1. The lowest BCUT2D eigenvalue weighted by Gasteiger charge is -2.35. The van der Waals surface area contributed by atoms with Crippen LogP contribution in [0, 0.1) is 5.92 Å². The summed E-state index contributed by atoms with van der Waals surface area (Å²) in [5.74, 6) is 0.834. The molecule has 0 bridgehead atoms. The van der Waals surface area contributed by atoms with Gasteiger partial charge in [0.1, 0.15) is 5.56 Å². The quantitative estimate of drug-likeness (QED) is 0.876. The summed E-state index contributed by atoms with van der Waals surface area (Å²) in [5.41, 5.74) is 0.515. The van der Waals surface area contributed by atoms with E-state index in [0.29, 0.717) is 36.6 Å². The highest BCUT2D eigenvalue weighted by Crippen LogP contribution is 2.18. The molecule has 5 heteroatoms. The van der Waals surface area contributed by atoms with Crippen molar-refractivity contribution < 1.29 is 9.53 Å². The molecule has 1 amide bonds. The van der Waals surface area contributed by atoms with E-state index in [9.17, 15) is 4.79 Å². The van der Waals surface area contributed by atoms with E-state index < -0.39 is 0 Å². The summed E-state index contributed by atoms with van der Waals surface area (Å²) in [6, 6.07) is 4.09. The van der Waals surface area contributed by atoms with E-state index in [0.717, 1.165) is 6.54 Å². The minimum Gasteiger partial charge on any atom is -0.477 e. The van der Waals surface area contributed by atoms with Crippen molar-refractivity contribution in [2.45, 2.75) is 39.7 Å². The Morgan fingerprint density at radius 1 is 1.55 bits per heavy atom. The van der Waals surface area contributed by atoms with Crippen LogP contribution in [0.1, 0.15) is 44.0 Å². The van der Waals surface area contributed by atoms with Gasteiger partial charge in [0, 0.05) is 25.3 Å². The molecule has 1 aromatic heterocycles. The lowest BCUT2D eigenvalue weighted by molar-refractivity contribution is 0.0918. The number of hydrogen-bond donors (Lipinski definition) is 1. The Kier molecular flexibility index (Phi) is 6.19. The van der Waals surface area contributed by atoms with Gasteiger partial charge in [-0.3, -0.25) is 4.79 Å². The van der Waals surface area contributed by atoms with Gasteiger partial charge in [-0.05, 0) is 58.2 Å². The van der Waals surface area contributed by atoms with Gasteiger partial charge in [-0.25, -0.2) is 4.98 Å². The van der Waals surface area contributed by atoms with Crippen LogP contribution in [0.4, 0.5) is 0 Å². The zero-order valence-electron chi connectivity index (χ0n) is 13.8. The molecule has 1 saturated heterocycles. The predicted molar refractivity (Wildman–Crippen MR) is 87.2 cm³/mol. The molecule has 2 heterocycles. The first-order valence-corrected chi connectivity index (χ1v) is 8.21. The summed E-state index contributed by atoms with van der Waals surface area (Å²) < 4.78 is 5.42. The number of rotatable bonds is 6. The summed E-state index contributed by atoms with van der Waals surface area (Å²) in [6.45, 7) is 9.78. The van der Waals surface area contributed by atoms with E-state index >= 15 is 0 Å². The van der Waals surface area contributed by atoms with Gasteiger partial charge in [0.25, 0.3) is 5.91 Å². The third-order valence-electron chi connectivity index (χ3n) is 4.13. The molecule has 0 saturated carbocycles. The van der Waals surface area contributed by atoms with Crippen LogP contribution in [-0.2, 0) is 0 Å². The number of carbonyl (C=O) groups is 1. The Bertz CT molecular complexity index is 491. The van der Waals surface area contributed by atoms with E-state index in [-0.39, 0.29) is 5.91 Å². The highest BCUT2D eigenvalue weighted by atomic mass is 16.5. The minimum absolute atomic E-state index is 0.0989. The Balaban J connectivity index is 1.90. The molecule has 1 atom stereocenters. The van der Waals surface area contributed by atoms with Crippen LogP contribution in [-0.4, -0.2) is 48.1 Å². The van der Waals surface area contributed by atoms with Crippen LogP contribution in [0.15, 0.2) is 18.3 Å². The Morgan fingerprint density at radius 2 is 2.36 bits per heavy atom. The largest absolute Gasteiger partial charge is 0.477 e. The maximum Gasteiger partial charge on any atom is 0.256 e. The second kappa shape index (κ2) is 8.13. The first-order chi connectivity index (χ1) is 10.6. The topological polar surface area (TPSA) is 54.5 Å². The van der Waals surface area contributed by atoms with Gasteiger partial charge in [-0.2, -0.15) is 0 Å². The number of pyridine rings is 1. The molecule has 0 unspecified atom stereocenters. The van der Waals surface area contributed by atoms with E-state index in [1.807, 2.05) is 6.92 Å². The van der Waals surface area contributed by atoms with Crippen LogP contribution in [0.5, 0.6) is 5.88 Å². The molecule has 2 rings (SSSR count). The SMILES string of the molecule is CCOc1ncccc1C(=O)NC[C@@H]1CCCN(C(C)C)C1. The van der Waals surface area contributed by atoms with Crippen LogP contribution in [0.2, 0.25) is 0 Å². The molecule has 1 N–H and O–H groups in total. The van der Waals surface area contributed by atoms with E-state index in [1.54, 1.807) is 18.3 Å². The van der Waals surface area contributed by atoms with Crippen molar-refractivity contribution in [2.75, 3.05) is 26.2 Å². The maximum atomic E-state index is 12.4. The normalized spacial score (nSPS) is 19.2. The van der Waals surface area contributed by atoms with Gasteiger partial charge in [0.15, 0.2) is 0 Å². The number of hydrogen-bond acceptors (Lipinski definition) is 4. The number of nitrogens with zero attached hydrogens (tertiary/aromatic N) is 2. The van der Waals surface area contributed by atoms with Crippen molar-refractivity contribution in [1.82, 2.24) is 15.2 Å². The first-order valence-electron chi connectivity index (χ1n) is 8.21. The van der Waals surface area contributed by atoms with Crippen molar-refractivity contribution >= 4 is 5.91 Å². The molecule has 0 radical (unpaired) electrons. The van der Waals surface area contributed by atoms with Gasteiger partial charge in [0.05, 0.1) is 6.61 Å². The van der Waals surface area contributed by atoms with Gasteiger partial charge >= 0.3 is 0 Å². The number of aromatic nitrogens is 1. The molecule has 1 fully saturated rings. The molecular weight excluding hydrogens is 278 g/mol. The fraction of sp³-hybridized carbons (Fsp3) is 0.647. The zero-order valence-corrected chi connectivity index (χ0v) is 13.8. The fourth-order valence-electron chi connectivity index (χ4n) is 2.88. The van der Waals surface area contributed by atoms with Crippen LogP contribution in [0.3, 0.4) is 0 Å². The molecule has 5 nitrogen and oxygen atoms in total. The van der Waals surface area contributed by atoms with Crippen molar-refractivity contribution in [3.63, 3.8) is 0 Å². The number of piperidine rings is 1. The van der Waals surface area contributed by atoms with Gasteiger partial charge < -0.3 is 15.0 Å². The van der Waals surface area contributed by atoms with Crippen molar-refractivity contribution in [3.8, 4) is 5.88 Å². The smallest absolute Gasteiger partial charge is 0.256 e.